The van der Waals surface area contributed by atoms with Crippen molar-refractivity contribution in [1.29, 1.82) is 0 Å². The van der Waals surface area contributed by atoms with E-state index in [4.69, 9.17) is 0 Å². The average Bonchev–Trinajstić information content (AvgIpc) is 2.44. The average molecular weight is 316 g/mol. The fourth-order valence-electron chi connectivity index (χ4n) is 2.36. The summed E-state index contributed by atoms with van der Waals surface area (Å²) in [6, 6.07) is 6.66. The maximum absolute atomic E-state index is 12.8. The molecule has 0 radical (unpaired) electrons. The lowest BCUT2D eigenvalue weighted by Gasteiger charge is -2.34. The highest BCUT2D eigenvalue weighted by Crippen LogP contribution is 2.07. The van der Waals surface area contributed by atoms with Crippen LogP contribution >= 0.6 is 12.4 Å². The van der Waals surface area contributed by atoms with Gasteiger partial charge in [-0.15, -0.1) is 12.4 Å². The summed E-state index contributed by atoms with van der Waals surface area (Å²) in [5.74, 6) is -0.152. The first kappa shape index (κ1) is 17.9. The number of hydrogen-bond acceptors (Lipinski definition) is 3. The third kappa shape index (κ3) is 5.26. The van der Waals surface area contributed by atoms with Gasteiger partial charge in [-0.05, 0) is 24.6 Å². The standard InChI is InChI=1S/C15H22FN3O.ClH/c1-12-9-17-7-8-19(12)11-15(20)18(2)10-13-3-5-14(16)6-4-13;/h3-6,12,17H,7-11H2,1-2H3;1H/t12-;/m1./s1. The molecular formula is C15H23ClFN3O. The van der Waals surface area contributed by atoms with Gasteiger partial charge in [0.15, 0.2) is 0 Å². The second-order valence-corrected chi connectivity index (χ2v) is 5.40. The summed E-state index contributed by atoms with van der Waals surface area (Å²) in [6.07, 6.45) is 0. The van der Waals surface area contributed by atoms with Crippen molar-refractivity contribution >= 4 is 18.3 Å². The van der Waals surface area contributed by atoms with Gasteiger partial charge < -0.3 is 10.2 Å². The molecule has 1 fully saturated rings. The molecule has 0 unspecified atom stereocenters. The number of nitrogens with zero attached hydrogens (tertiary/aromatic N) is 2. The second kappa shape index (κ2) is 8.32. The van der Waals surface area contributed by atoms with E-state index in [0.29, 0.717) is 19.1 Å². The molecule has 1 aromatic rings. The van der Waals surface area contributed by atoms with Gasteiger partial charge in [0.25, 0.3) is 0 Å². The molecule has 1 amide bonds. The van der Waals surface area contributed by atoms with Crippen LogP contribution in [0.1, 0.15) is 12.5 Å². The fraction of sp³-hybridized carbons (Fsp3) is 0.533. The lowest BCUT2D eigenvalue weighted by Crippen LogP contribution is -2.52. The molecule has 1 heterocycles. The normalized spacial score (nSPS) is 18.9. The Bertz CT molecular complexity index is 455. The van der Waals surface area contributed by atoms with E-state index in [1.165, 1.54) is 12.1 Å². The van der Waals surface area contributed by atoms with Crippen molar-refractivity contribution in [1.82, 2.24) is 15.1 Å². The molecule has 0 aromatic heterocycles. The zero-order valence-electron chi connectivity index (χ0n) is 12.5. The van der Waals surface area contributed by atoms with Crippen LogP contribution in [0.5, 0.6) is 0 Å². The number of rotatable bonds is 4. The Hall–Kier alpha value is -1.17. The SMILES string of the molecule is C[C@@H]1CNCCN1CC(=O)N(C)Cc1ccc(F)cc1.Cl. The molecule has 6 heteroatoms. The Morgan fingerprint density at radius 1 is 1.43 bits per heavy atom. The van der Waals surface area contributed by atoms with Crippen molar-refractivity contribution in [3.63, 3.8) is 0 Å². The van der Waals surface area contributed by atoms with Gasteiger partial charge in [-0.3, -0.25) is 9.69 Å². The topological polar surface area (TPSA) is 35.6 Å². The van der Waals surface area contributed by atoms with E-state index < -0.39 is 0 Å². The molecule has 118 valence electrons. The summed E-state index contributed by atoms with van der Waals surface area (Å²) >= 11 is 0. The number of carbonyl (C=O) groups is 1. The predicted molar refractivity (Wildman–Crippen MR) is 84.0 cm³/mol. The van der Waals surface area contributed by atoms with Crippen LogP contribution in [-0.4, -0.2) is 55.0 Å². The number of nitrogens with one attached hydrogen (secondary N) is 1. The van der Waals surface area contributed by atoms with Crippen molar-refractivity contribution in [2.45, 2.75) is 19.5 Å². The lowest BCUT2D eigenvalue weighted by atomic mass is 10.2. The molecule has 4 nitrogen and oxygen atoms in total. The molecule has 0 saturated carbocycles. The van der Waals surface area contributed by atoms with Gasteiger partial charge in [0.1, 0.15) is 5.82 Å². The van der Waals surface area contributed by atoms with Crippen LogP contribution in [0.2, 0.25) is 0 Å². The molecule has 1 aromatic carbocycles. The second-order valence-electron chi connectivity index (χ2n) is 5.40. The van der Waals surface area contributed by atoms with E-state index >= 15 is 0 Å². The molecule has 1 N–H and O–H groups in total. The Labute approximate surface area is 131 Å². The van der Waals surface area contributed by atoms with Crippen LogP contribution in [0.15, 0.2) is 24.3 Å². The van der Waals surface area contributed by atoms with Crippen molar-refractivity contribution in [2.75, 3.05) is 33.2 Å². The number of carbonyl (C=O) groups excluding carboxylic acids is 1. The molecule has 0 bridgehead atoms. The molecule has 1 aliphatic rings. The predicted octanol–water partition coefficient (Wildman–Crippen LogP) is 1.50. The van der Waals surface area contributed by atoms with Gasteiger partial charge in [0, 0.05) is 39.3 Å². The number of likely N-dealkylation sites (N-methyl/N-ethyl adjacent to an activating group) is 1. The van der Waals surface area contributed by atoms with Crippen molar-refractivity contribution in [3.05, 3.63) is 35.6 Å². The molecule has 0 spiro atoms. The third-order valence-electron chi connectivity index (χ3n) is 3.74. The molecular weight excluding hydrogens is 293 g/mol. The van der Waals surface area contributed by atoms with Gasteiger partial charge in [-0.2, -0.15) is 0 Å². The molecule has 1 atom stereocenters. The summed E-state index contributed by atoms with van der Waals surface area (Å²) in [4.78, 5) is 16.1. The van der Waals surface area contributed by atoms with Gasteiger partial charge >= 0.3 is 0 Å². The van der Waals surface area contributed by atoms with Crippen molar-refractivity contribution in [3.8, 4) is 0 Å². The number of halogens is 2. The highest BCUT2D eigenvalue weighted by Gasteiger charge is 2.21. The van der Waals surface area contributed by atoms with E-state index in [9.17, 15) is 9.18 Å². The van der Waals surface area contributed by atoms with Gasteiger partial charge in [0.2, 0.25) is 5.91 Å². The van der Waals surface area contributed by atoms with Crippen LogP contribution in [-0.2, 0) is 11.3 Å². The minimum Gasteiger partial charge on any atom is -0.340 e. The Balaban J connectivity index is 0.00000220. The maximum Gasteiger partial charge on any atom is 0.236 e. The zero-order chi connectivity index (χ0) is 14.5. The van der Waals surface area contributed by atoms with Crippen LogP contribution in [0.3, 0.4) is 0 Å². The monoisotopic (exact) mass is 315 g/mol. The van der Waals surface area contributed by atoms with Gasteiger partial charge in [-0.1, -0.05) is 12.1 Å². The Morgan fingerprint density at radius 2 is 2.10 bits per heavy atom. The highest BCUT2D eigenvalue weighted by molar-refractivity contribution is 5.85. The summed E-state index contributed by atoms with van der Waals surface area (Å²) in [5.41, 5.74) is 0.940. The summed E-state index contributed by atoms with van der Waals surface area (Å²) in [6.45, 7) is 5.84. The number of hydrogen-bond donors (Lipinski definition) is 1. The van der Waals surface area contributed by atoms with Crippen LogP contribution in [0.4, 0.5) is 4.39 Å². The van der Waals surface area contributed by atoms with Crippen LogP contribution in [0.25, 0.3) is 0 Å². The summed E-state index contributed by atoms with van der Waals surface area (Å²) < 4.78 is 12.8. The number of amides is 1. The van der Waals surface area contributed by atoms with Crippen LogP contribution < -0.4 is 5.32 Å². The number of benzene rings is 1. The van der Waals surface area contributed by atoms with Crippen molar-refractivity contribution < 1.29 is 9.18 Å². The highest BCUT2D eigenvalue weighted by atomic mass is 35.5. The zero-order valence-corrected chi connectivity index (χ0v) is 13.3. The minimum atomic E-state index is -0.252. The Kier molecular flexibility index (Phi) is 7.08. The van der Waals surface area contributed by atoms with E-state index in [2.05, 4.69) is 17.1 Å². The molecule has 21 heavy (non-hydrogen) atoms. The third-order valence-corrected chi connectivity index (χ3v) is 3.74. The molecule has 2 rings (SSSR count). The van der Waals surface area contributed by atoms with Gasteiger partial charge in [0.05, 0.1) is 6.54 Å². The van der Waals surface area contributed by atoms with E-state index in [1.807, 2.05) is 0 Å². The lowest BCUT2D eigenvalue weighted by molar-refractivity contribution is -0.132. The molecule has 1 saturated heterocycles. The largest absolute Gasteiger partial charge is 0.340 e. The first-order valence-corrected chi connectivity index (χ1v) is 6.99. The van der Waals surface area contributed by atoms with Crippen LogP contribution in [0, 0.1) is 5.82 Å². The van der Waals surface area contributed by atoms with Crippen molar-refractivity contribution in [2.24, 2.45) is 0 Å². The summed E-state index contributed by atoms with van der Waals surface area (Å²) in [7, 11) is 1.79. The molecule has 1 aliphatic heterocycles. The summed E-state index contributed by atoms with van der Waals surface area (Å²) in [5, 5.41) is 3.31. The van der Waals surface area contributed by atoms with Gasteiger partial charge in [-0.25, -0.2) is 4.39 Å². The Morgan fingerprint density at radius 3 is 2.71 bits per heavy atom. The smallest absolute Gasteiger partial charge is 0.236 e. The minimum absolute atomic E-state index is 0. The number of piperazine rings is 1. The molecule has 0 aliphatic carbocycles. The van der Waals surface area contributed by atoms with E-state index in [-0.39, 0.29) is 24.1 Å². The van der Waals surface area contributed by atoms with E-state index in [0.717, 1.165) is 25.2 Å². The first-order valence-electron chi connectivity index (χ1n) is 6.99. The first-order chi connectivity index (χ1) is 9.56. The quantitative estimate of drug-likeness (QED) is 0.914. The fourth-order valence-corrected chi connectivity index (χ4v) is 2.36. The van der Waals surface area contributed by atoms with E-state index in [1.54, 1.807) is 24.1 Å². The maximum atomic E-state index is 12.8.